The second-order valence-electron chi connectivity index (χ2n) is 5.82. The first-order valence-electron chi connectivity index (χ1n) is 8.57. The van der Waals surface area contributed by atoms with E-state index < -0.39 is 23.2 Å². The van der Waals surface area contributed by atoms with E-state index in [2.05, 4.69) is 20.6 Å². The molecule has 0 saturated carbocycles. The number of aryl methyl sites for hydroxylation is 1. The predicted molar refractivity (Wildman–Crippen MR) is 102 cm³/mol. The van der Waals surface area contributed by atoms with Crippen molar-refractivity contribution in [2.45, 2.75) is 13.8 Å². The number of ether oxygens (including phenoxy) is 1. The van der Waals surface area contributed by atoms with Gasteiger partial charge in [-0.05, 0) is 50.2 Å². The molecule has 0 aliphatic carbocycles. The molecule has 144 valence electrons. The van der Waals surface area contributed by atoms with E-state index in [-0.39, 0.29) is 5.69 Å². The Bertz CT molecular complexity index is 974. The van der Waals surface area contributed by atoms with E-state index in [0.717, 1.165) is 23.6 Å². The topological polar surface area (TPSA) is 76.1 Å². The summed E-state index contributed by atoms with van der Waals surface area (Å²) in [6.07, 6.45) is 0. The Labute approximate surface area is 160 Å². The van der Waals surface area contributed by atoms with E-state index >= 15 is 0 Å². The fourth-order valence-corrected chi connectivity index (χ4v) is 2.49. The third-order valence-electron chi connectivity index (χ3n) is 3.71. The van der Waals surface area contributed by atoms with Crippen LogP contribution in [0.15, 0.2) is 48.5 Å². The Morgan fingerprint density at radius 3 is 2.39 bits per heavy atom. The minimum absolute atomic E-state index is 0.0245. The SMILES string of the molecule is CCOc1ccc(Nc2cc(C(=O)Nc3c(F)cccc3F)nc(C)n2)cc1. The van der Waals surface area contributed by atoms with E-state index in [0.29, 0.717) is 18.2 Å². The molecule has 0 bridgehead atoms. The zero-order valence-corrected chi connectivity index (χ0v) is 15.3. The van der Waals surface area contributed by atoms with Crippen LogP contribution >= 0.6 is 0 Å². The third kappa shape index (κ3) is 4.59. The Balaban J connectivity index is 1.80. The summed E-state index contributed by atoms with van der Waals surface area (Å²) in [5.41, 5.74) is 0.182. The van der Waals surface area contributed by atoms with Crippen molar-refractivity contribution in [2.24, 2.45) is 0 Å². The second-order valence-corrected chi connectivity index (χ2v) is 5.82. The lowest BCUT2D eigenvalue weighted by Crippen LogP contribution is -2.17. The highest BCUT2D eigenvalue weighted by molar-refractivity contribution is 6.03. The van der Waals surface area contributed by atoms with Gasteiger partial charge < -0.3 is 15.4 Å². The molecule has 1 heterocycles. The monoisotopic (exact) mass is 384 g/mol. The van der Waals surface area contributed by atoms with Crippen molar-refractivity contribution < 1.29 is 18.3 Å². The molecule has 1 amide bonds. The first kappa shape index (κ1) is 19.2. The van der Waals surface area contributed by atoms with Crippen molar-refractivity contribution >= 4 is 23.1 Å². The maximum Gasteiger partial charge on any atom is 0.274 e. The predicted octanol–water partition coefficient (Wildman–Crippen LogP) is 4.46. The number of rotatable bonds is 6. The molecule has 0 aliphatic heterocycles. The zero-order chi connectivity index (χ0) is 20.1. The van der Waals surface area contributed by atoms with Gasteiger partial charge in [-0.15, -0.1) is 0 Å². The maximum absolute atomic E-state index is 13.8. The van der Waals surface area contributed by atoms with E-state index in [1.54, 1.807) is 31.2 Å². The number of aromatic nitrogens is 2. The van der Waals surface area contributed by atoms with Crippen LogP contribution in [0.25, 0.3) is 0 Å². The van der Waals surface area contributed by atoms with Gasteiger partial charge in [0, 0.05) is 11.8 Å². The molecule has 28 heavy (non-hydrogen) atoms. The molecule has 0 spiro atoms. The molecule has 3 aromatic rings. The van der Waals surface area contributed by atoms with E-state index in [1.165, 1.54) is 12.1 Å². The highest BCUT2D eigenvalue weighted by Crippen LogP contribution is 2.21. The van der Waals surface area contributed by atoms with Crippen LogP contribution in [-0.4, -0.2) is 22.5 Å². The molecular weight excluding hydrogens is 366 g/mol. The van der Waals surface area contributed by atoms with Crippen LogP contribution in [0.5, 0.6) is 5.75 Å². The number of benzene rings is 2. The average Bonchev–Trinajstić information content (AvgIpc) is 2.66. The van der Waals surface area contributed by atoms with Crippen LogP contribution in [-0.2, 0) is 0 Å². The number of carbonyl (C=O) groups excluding carboxylic acids is 1. The summed E-state index contributed by atoms with van der Waals surface area (Å²) >= 11 is 0. The normalized spacial score (nSPS) is 10.4. The van der Waals surface area contributed by atoms with Gasteiger partial charge in [0.2, 0.25) is 0 Å². The van der Waals surface area contributed by atoms with Gasteiger partial charge in [-0.3, -0.25) is 4.79 Å². The third-order valence-corrected chi connectivity index (χ3v) is 3.71. The molecule has 0 unspecified atom stereocenters. The van der Waals surface area contributed by atoms with E-state index in [1.807, 2.05) is 6.92 Å². The number of para-hydroxylation sites is 1. The Hall–Kier alpha value is -3.55. The largest absolute Gasteiger partial charge is 0.494 e. The number of anilines is 3. The van der Waals surface area contributed by atoms with Crippen LogP contribution in [0.2, 0.25) is 0 Å². The number of hydrogen-bond donors (Lipinski definition) is 2. The smallest absolute Gasteiger partial charge is 0.274 e. The van der Waals surface area contributed by atoms with Gasteiger partial charge in [0.05, 0.1) is 6.61 Å². The fourth-order valence-electron chi connectivity index (χ4n) is 2.49. The highest BCUT2D eigenvalue weighted by atomic mass is 19.1. The first-order valence-corrected chi connectivity index (χ1v) is 8.57. The molecule has 0 radical (unpaired) electrons. The van der Waals surface area contributed by atoms with Crippen LogP contribution in [0, 0.1) is 18.6 Å². The zero-order valence-electron chi connectivity index (χ0n) is 15.3. The second kappa shape index (κ2) is 8.43. The fraction of sp³-hybridized carbons (Fsp3) is 0.150. The van der Waals surface area contributed by atoms with Crippen molar-refractivity contribution in [1.29, 1.82) is 0 Å². The van der Waals surface area contributed by atoms with Gasteiger partial charge in [-0.25, -0.2) is 18.7 Å². The Morgan fingerprint density at radius 2 is 1.75 bits per heavy atom. The summed E-state index contributed by atoms with van der Waals surface area (Å²) in [5.74, 6) is -1.05. The van der Waals surface area contributed by atoms with E-state index in [9.17, 15) is 13.6 Å². The first-order chi connectivity index (χ1) is 13.5. The molecule has 0 fully saturated rings. The summed E-state index contributed by atoms with van der Waals surface area (Å²) < 4.78 is 32.9. The average molecular weight is 384 g/mol. The molecule has 2 N–H and O–H groups in total. The van der Waals surface area contributed by atoms with Crippen LogP contribution in [0.4, 0.5) is 26.0 Å². The van der Waals surface area contributed by atoms with Gasteiger partial charge in [-0.1, -0.05) is 6.07 Å². The minimum atomic E-state index is -0.869. The van der Waals surface area contributed by atoms with Crippen molar-refractivity contribution in [1.82, 2.24) is 9.97 Å². The van der Waals surface area contributed by atoms with Gasteiger partial charge in [0.25, 0.3) is 5.91 Å². The maximum atomic E-state index is 13.8. The quantitative estimate of drug-likeness (QED) is 0.656. The molecule has 6 nitrogen and oxygen atoms in total. The standard InChI is InChI=1S/C20H18F2N4O2/c1-3-28-14-9-7-13(8-10-14)25-18-11-17(23-12(2)24-18)20(27)26-19-15(21)5-4-6-16(19)22/h4-11H,3H2,1-2H3,(H,26,27)(H,23,24,25). The van der Waals surface area contributed by atoms with Crippen LogP contribution in [0.1, 0.15) is 23.2 Å². The lowest BCUT2D eigenvalue weighted by Gasteiger charge is -2.10. The van der Waals surface area contributed by atoms with Crippen molar-refractivity contribution in [3.63, 3.8) is 0 Å². The number of halogens is 2. The summed E-state index contributed by atoms with van der Waals surface area (Å²) in [7, 11) is 0. The van der Waals surface area contributed by atoms with Gasteiger partial charge >= 0.3 is 0 Å². The molecule has 0 atom stereocenters. The molecule has 8 heteroatoms. The summed E-state index contributed by atoms with van der Waals surface area (Å²) in [4.78, 5) is 20.7. The Morgan fingerprint density at radius 1 is 1.07 bits per heavy atom. The number of nitrogens with one attached hydrogen (secondary N) is 2. The number of amides is 1. The molecular formula is C20H18F2N4O2. The Kier molecular flexibility index (Phi) is 5.78. The van der Waals surface area contributed by atoms with Crippen molar-refractivity contribution in [3.8, 4) is 5.75 Å². The summed E-state index contributed by atoms with van der Waals surface area (Å²) in [6.45, 7) is 4.08. The lowest BCUT2D eigenvalue weighted by molar-refractivity contribution is 0.102. The highest BCUT2D eigenvalue weighted by Gasteiger charge is 2.16. The summed E-state index contributed by atoms with van der Waals surface area (Å²) in [5, 5.41) is 5.27. The van der Waals surface area contributed by atoms with Gasteiger partial charge in [0.1, 0.15) is 40.4 Å². The van der Waals surface area contributed by atoms with Gasteiger partial charge in [0.15, 0.2) is 0 Å². The molecule has 2 aromatic carbocycles. The van der Waals surface area contributed by atoms with Gasteiger partial charge in [-0.2, -0.15) is 0 Å². The van der Waals surface area contributed by atoms with Crippen LogP contribution < -0.4 is 15.4 Å². The number of nitrogens with zero attached hydrogens (tertiary/aromatic N) is 2. The van der Waals surface area contributed by atoms with Crippen LogP contribution in [0.3, 0.4) is 0 Å². The molecule has 0 saturated heterocycles. The molecule has 3 rings (SSSR count). The minimum Gasteiger partial charge on any atom is -0.494 e. The summed E-state index contributed by atoms with van der Waals surface area (Å²) in [6, 6.07) is 11.9. The number of carbonyl (C=O) groups is 1. The van der Waals surface area contributed by atoms with Crippen molar-refractivity contribution in [2.75, 3.05) is 17.2 Å². The molecule has 0 aliphatic rings. The van der Waals surface area contributed by atoms with Crippen molar-refractivity contribution in [3.05, 3.63) is 71.7 Å². The number of hydrogen-bond acceptors (Lipinski definition) is 5. The lowest BCUT2D eigenvalue weighted by atomic mass is 10.2. The van der Waals surface area contributed by atoms with E-state index in [4.69, 9.17) is 4.74 Å². The molecule has 1 aromatic heterocycles.